The first-order valence-electron chi connectivity index (χ1n) is 10.1. The number of nitrogens with zero attached hydrogens (tertiary/aromatic N) is 2. The van der Waals surface area contributed by atoms with Crippen LogP contribution in [0.3, 0.4) is 0 Å². The Morgan fingerprint density at radius 2 is 1.77 bits per heavy atom. The minimum absolute atomic E-state index is 0.0300. The van der Waals surface area contributed by atoms with Crippen LogP contribution in [-0.2, 0) is 12.6 Å². The van der Waals surface area contributed by atoms with Crippen molar-refractivity contribution in [2.24, 2.45) is 0 Å². The molecule has 2 heterocycles. The summed E-state index contributed by atoms with van der Waals surface area (Å²) in [5, 5.41) is 0. The van der Waals surface area contributed by atoms with Crippen LogP contribution in [0.25, 0.3) is 0 Å². The van der Waals surface area contributed by atoms with Crippen LogP contribution in [-0.4, -0.2) is 28.4 Å². The number of benzene rings is 2. The number of halogens is 3. The van der Waals surface area contributed by atoms with Gasteiger partial charge in [-0.3, -0.25) is 4.79 Å². The summed E-state index contributed by atoms with van der Waals surface area (Å²) in [6.45, 7) is 0.726. The minimum Gasteiger partial charge on any atom is -0.439 e. The quantitative estimate of drug-likeness (QED) is 0.523. The number of alkyl halides is 3. The SMILES string of the molecule is O=C(c1ccc(Oc2ccc(C(F)(F)F)cn2)cc1)N1CCCC1Cc1ccccc1. The Morgan fingerprint density at radius 1 is 1.03 bits per heavy atom. The fourth-order valence-corrected chi connectivity index (χ4v) is 3.76. The number of pyridine rings is 1. The van der Waals surface area contributed by atoms with Gasteiger partial charge in [0.2, 0.25) is 5.88 Å². The number of likely N-dealkylation sites (tertiary alicyclic amines) is 1. The average Bonchev–Trinajstić information content (AvgIpc) is 3.22. The first-order valence-corrected chi connectivity index (χ1v) is 10.1. The predicted octanol–water partition coefficient (Wildman–Crippen LogP) is 5.74. The van der Waals surface area contributed by atoms with E-state index in [1.165, 1.54) is 11.6 Å². The normalized spacial score (nSPS) is 16.4. The van der Waals surface area contributed by atoms with Crippen LogP contribution >= 0.6 is 0 Å². The van der Waals surface area contributed by atoms with Crippen molar-refractivity contribution in [3.63, 3.8) is 0 Å². The molecule has 7 heteroatoms. The van der Waals surface area contributed by atoms with Crippen molar-refractivity contribution in [2.75, 3.05) is 6.54 Å². The van der Waals surface area contributed by atoms with Gasteiger partial charge in [-0.2, -0.15) is 13.2 Å². The van der Waals surface area contributed by atoms with Crippen LogP contribution in [0.2, 0.25) is 0 Å². The lowest BCUT2D eigenvalue weighted by atomic mass is 10.0. The van der Waals surface area contributed by atoms with Gasteiger partial charge in [0, 0.05) is 30.4 Å². The first kappa shape index (κ1) is 20.9. The summed E-state index contributed by atoms with van der Waals surface area (Å²) in [5.74, 6) is 0.415. The molecule has 1 aromatic heterocycles. The summed E-state index contributed by atoms with van der Waals surface area (Å²) < 4.78 is 43.4. The lowest BCUT2D eigenvalue weighted by Gasteiger charge is -2.25. The number of carbonyl (C=O) groups is 1. The third-order valence-corrected chi connectivity index (χ3v) is 5.34. The highest BCUT2D eigenvalue weighted by atomic mass is 19.4. The second-order valence-corrected chi connectivity index (χ2v) is 7.49. The highest BCUT2D eigenvalue weighted by Gasteiger charge is 2.31. The molecular weight excluding hydrogens is 405 g/mol. The van der Waals surface area contributed by atoms with E-state index >= 15 is 0 Å². The molecular formula is C24H21F3N2O2. The van der Waals surface area contributed by atoms with Gasteiger partial charge in [0.1, 0.15) is 5.75 Å². The second kappa shape index (κ2) is 8.79. The Kier molecular flexibility index (Phi) is 5.93. The largest absolute Gasteiger partial charge is 0.439 e. The van der Waals surface area contributed by atoms with Gasteiger partial charge >= 0.3 is 6.18 Å². The molecule has 1 fully saturated rings. The zero-order valence-corrected chi connectivity index (χ0v) is 16.7. The van der Waals surface area contributed by atoms with E-state index in [2.05, 4.69) is 17.1 Å². The molecule has 1 amide bonds. The molecule has 3 aromatic rings. The van der Waals surface area contributed by atoms with Crippen molar-refractivity contribution >= 4 is 5.91 Å². The van der Waals surface area contributed by atoms with E-state index in [0.29, 0.717) is 11.3 Å². The first-order chi connectivity index (χ1) is 14.9. The van der Waals surface area contributed by atoms with Gasteiger partial charge < -0.3 is 9.64 Å². The Bertz CT molecular complexity index is 1020. The summed E-state index contributed by atoms with van der Waals surface area (Å²) in [5.41, 5.74) is 0.921. The van der Waals surface area contributed by atoms with E-state index in [1.807, 2.05) is 23.1 Å². The van der Waals surface area contributed by atoms with E-state index in [-0.39, 0.29) is 17.8 Å². The van der Waals surface area contributed by atoms with Gasteiger partial charge in [-0.25, -0.2) is 4.98 Å². The van der Waals surface area contributed by atoms with Crippen LogP contribution in [0.5, 0.6) is 11.6 Å². The third-order valence-electron chi connectivity index (χ3n) is 5.34. The van der Waals surface area contributed by atoms with E-state index in [0.717, 1.165) is 38.1 Å². The molecule has 1 saturated heterocycles. The fourth-order valence-electron chi connectivity index (χ4n) is 3.76. The molecule has 0 spiro atoms. The maximum Gasteiger partial charge on any atom is 0.417 e. The molecule has 4 nitrogen and oxygen atoms in total. The van der Waals surface area contributed by atoms with Crippen molar-refractivity contribution in [3.8, 4) is 11.6 Å². The summed E-state index contributed by atoms with van der Waals surface area (Å²) >= 11 is 0. The molecule has 1 unspecified atom stereocenters. The summed E-state index contributed by atoms with van der Waals surface area (Å²) in [7, 11) is 0. The van der Waals surface area contributed by atoms with Crippen molar-refractivity contribution in [2.45, 2.75) is 31.5 Å². The van der Waals surface area contributed by atoms with Gasteiger partial charge in [0.15, 0.2) is 0 Å². The maximum atomic E-state index is 13.0. The van der Waals surface area contributed by atoms with Crippen molar-refractivity contribution < 1.29 is 22.7 Å². The zero-order chi connectivity index (χ0) is 21.8. The van der Waals surface area contributed by atoms with Crippen molar-refractivity contribution in [3.05, 3.63) is 89.6 Å². The molecule has 0 bridgehead atoms. The lowest BCUT2D eigenvalue weighted by molar-refractivity contribution is -0.137. The average molecular weight is 426 g/mol. The number of ether oxygens (including phenoxy) is 1. The number of hydrogen-bond donors (Lipinski definition) is 0. The number of aromatic nitrogens is 1. The van der Waals surface area contributed by atoms with E-state index < -0.39 is 11.7 Å². The van der Waals surface area contributed by atoms with Crippen molar-refractivity contribution in [1.82, 2.24) is 9.88 Å². The number of rotatable bonds is 5. The standard InChI is InChI=1S/C24H21F3N2O2/c25-24(26,27)19-10-13-22(28-16-19)31-21-11-8-18(9-12-21)23(30)29-14-4-7-20(29)15-17-5-2-1-3-6-17/h1-3,5-6,8-13,16,20H,4,7,14-15H2. The molecule has 2 aromatic carbocycles. The van der Waals surface area contributed by atoms with Crippen molar-refractivity contribution in [1.29, 1.82) is 0 Å². The molecule has 0 aliphatic carbocycles. The molecule has 1 aliphatic rings. The smallest absolute Gasteiger partial charge is 0.417 e. The molecule has 0 N–H and O–H groups in total. The molecule has 160 valence electrons. The summed E-state index contributed by atoms with van der Waals surface area (Å²) in [6.07, 6.45) is -0.937. The minimum atomic E-state index is -4.44. The Morgan fingerprint density at radius 3 is 2.42 bits per heavy atom. The molecule has 4 rings (SSSR count). The molecule has 0 radical (unpaired) electrons. The van der Waals surface area contributed by atoms with Gasteiger partial charge in [-0.05, 0) is 55.2 Å². The molecule has 1 atom stereocenters. The highest BCUT2D eigenvalue weighted by molar-refractivity contribution is 5.94. The molecule has 0 saturated carbocycles. The highest BCUT2D eigenvalue weighted by Crippen LogP contribution is 2.30. The van der Waals surface area contributed by atoms with E-state index in [4.69, 9.17) is 4.74 Å². The van der Waals surface area contributed by atoms with Gasteiger partial charge in [0.25, 0.3) is 5.91 Å². The number of hydrogen-bond acceptors (Lipinski definition) is 3. The lowest BCUT2D eigenvalue weighted by Crippen LogP contribution is -2.36. The van der Waals surface area contributed by atoms with Crippen LogP contribution in [0, 0.1) is 0 Å². The van der Waals surface area contributed by atoms with Crippen LogP contribution in [0.15, 0.2) is 72.9 Å². The zero-order valence-electron chi connectivity index (χ0n) is 16.7. The fraction of sp³-hybridized carbons (Fsp3) is 0.250. The Labute approximate surface area is 178 Å². The van der Waals surface area contributed by atoms with E-state index in [1.54, 1.807) is 24.3 Å². The van der Waals surface area contributed by atoms with Gasteiger partial charge in [-0.15, -0.1) is 0 Å². The number of amides is 1. The monoisotopic (exact) mass is 426 g/mol. The summed E-state index contributed by atoms with van der Waals surface area (Å²) in [6, 6.07) is 18.9. The topological polar surface area (TPSA) is 42.4 Å². The predicted molar refractivity (Wildman–Crippen MR) is 110 cm³/mol. The Balaban J connectivity index is 1.41. The van der Waals surface area contributed by atoms with Crippen LogP contribution < -0.4 is 4.74 Å². The molecule has 1 aliphatic heterocycles. The van der Waals surface area contributed by atoms with Crippen LogP contribution in [0.1, 0.15) is 34.3 Å². The van der Waals surface area contributed by atoms with Gasteiger partial charge in [0.05, 0.1) is 5.56 Å². The van der Waals surface area contributed by atoms with Crippen LogP contribution in [0.4, 0.5) is 13.2 Å². The summed E-state index contributed by atoms with van der Waals surface area (Å²) in [4.78, 5) is 18.6. The molecule has 31 heavy (non-hydrogen) atoms. The van der Waals surface area contributed by atoms with Gasteiger partial charge in [-0.1, -0.05) is 30.3 Å². The Hall–Kier alpha value is -3.35. The second-order valence-electron chi connectivity index (χ2n) is 7.49. The third kappa shape index (κ3) is 5.05. The number of carbonyl (C=O) groups excluding carboxylic acids is 1. The maximum absolute atomic E-state index is 13.0. The van der Waals surface area contributed by atoms with E-state index in [9.17, 15) is 18.0 Å².